The Morgan fingerprint density at radius 1 is 1.19 bits per heavy atom. The quantitative estimate of drug-likeness (QED) is 0.302. The number of benzene rings is 1. The molecule has 7 rings (SSSR count). The fraction of sp³-hybridized carbons (Fsp3) is 0.414. The summed E-state index contributed by atoms with van der Waals surface area (Å²) in [6.45, 7) is 7.95. The number of aromatic nitrogens is 4. The van der Waals surface area contributed by atoms with Crippen molar-refractivity contribution in [2.75, 3.05) is 29.5 Å². The molecule has 1 aliphatic carbocycles. The van der Waals surface area contributed by atoms with Crippen molar-refractivity contribution >= 4 is 61.9 Å². The highest BCUT2D eigenvalue weighted by Crippen LogP contribution is 2.54. The average molecular weight is 628 g/mol. The van der Waals surface area contributed by atoms with Gasteiger partial charge in [-0.15, -0.1) is 23.1 Å². The summed E-state index contributed by atoms with van der Waals surface area (Å²) in [7, 11) is 0. The Balaban J connectivity index is 1.52. The molecule has 14 heteroatoms. The van der Waals surface area contributed by atoms with E-state index in [1.807, 2.05) is 18.7 Å². The molecule has 2 aliphatic heterocycles. The normalized spacial score (nSPS) is 22.4. The highest BCUT2D eigenvalue weighted by molar-refractivity contribution is 7.99. The minimum Gasteiger partial charge on any atom is -0.368 e. The molecule has 4 aromatic rings. The predicted molar refractivity (Wildman–Crippen MR) is 162 cm³/mol. The third-order valence-electron chi connectivity index (χ3n) is 8.60. The van der Waals surface area contributed by atoms with E-state index in [9.17, 15) is 9.59 Å². The zero-order valence-electron chi connectivity index (χ0n) is 23.4. The van der Waals surface area contributed by atoms with Crippen LogP contribution in [-0.2, 0) is 11.0 Å². The summed E-state index contributed by atoms with van der Waals surface area (Å²) in [5.41, 5.74) is 5.69. The highest BCUT2D eigenvalue weighted by atomic mass is 32.2. The van der Waals surface area contributed by atoms with Crippen LogP contribution in [0.15, 0.2) is 40.0 Å². The van der Waals surface area contributed by atoms with Gasteiger partial charge in [-0.2, -0.15) is 18.2 Å². The van der Waals surface area contributed by atoms with Crippen molar-refractivity contribution in [2.45, 2.75) is 55.9 Å². The number of rotatable bonds is 4. The van der Waals surface area contributed by atoms with Crippen LogP contribution >= 0.6 is 23.1 Å². The van der Waals surface area contributed by atoms with E-state index in [-0.39, 0.29) is 52.7 Å². The van der Waals surface area contributed by atoms with Crippen LogP contribution in [0.3, 0.4) is 0 Å². The summed E-state index contributed by atoms with van der Waals surface area (Å²) in [4.78, 5) is 43.1. The van der Waals surface area contributed by atoms with Crippen LogP contribution in [0.1, 0.15) is 38.3 Å². The molecule has 0 bridgehead atoms. The number of piperazine rings is 1. The van der Waals surface area contributed by atoms with Gasteiger partial charge in [-0.3, -0.25) is 9.36 Å². The summed E-state index contributed by atoms with van der Waals surface area (Å²) < 4.78 is 47.4. The van der Waals surface area contributed by atoms with E-state index >= 15 is 13.2 Å². The highest BCUT2D eigenvalue weighted by Gasteiger charge is 2.43. The van der Waals surface area contributed by atoms with E-state index in [0.29, 0.717) is 45.0 Å². The first-order valence-electron chi connectivity index (χ1n) is 14.0. The molecule has 9 nitrogen and oxygen atoms in total. The van der Waals surface area contributed by atoms with Crippen molar-refractivity contribution in [3.8, 4) is 11.1 Å². The summed E-state index contributed by atoms with van der Waals surface area (Å²) >= 11 is 2.61. The fourth-order valence-electron chi connectivity index (χ4n) is 6.66. The smallest absolute Gasteiger partial charge is 0.368 e. The molecule has 1 unspecified atom stereocenters. The zero-order valence-corrected chi connectivity index (χ0v) is 25.0. The number of hydrogen-bond donors (Lipinski definition) is 1. The Bertz CT molecular complexity index is 1870. The van der Waals surface area contributed by atoms with Crippen LogP contribution in [0.5, 0.6) is 0 Å². The van der Waals surface area contributed by atoms with Crippen molar-refractivity contribution in [3.63, 3.8) is 0 Å². The molecular weight excluding hydrogens is 599 g/mol. The van der Waals surface area contributed by atoms with Crippen LogP contribution < -0.4 is 16.3 Å². The van der Waals surface area contributed by atoms with Gasteiger partial charge in [0, 0.05) is 57.7 Å². The third kappa shape index (κ3) is 4.48. The summed E-state index contributed by atoms with van der Waals surface area (Å²) in [5.74, 6) is 0.708. The van der Waals surface area contributed by atoms with Gasteiger partial charge in [0.25, 0.3) is 0 Å². The van der Waals surface area contributed by atoms with Gasteiger partial charge >= 0.3 is 11.9 Å². The van der Waals surface area contributed by atoms with Crippen molar-refractivity contribution in [1.82, 2.24) is 24.4 Å². The number of nitrogens with two attached hydrogens (primary N) is 1. The van der Waals surface area contributed by atoms with E-state index in [2.05, 4.69) is 21.5 Å². The van der Waals surface area contributed by atoms with Gasteiger partial charge in [0.2, 0.25) is 11.9 Å². The van der Waals surface area contributed by atoms with Crippen molar-refractivity contribution < 1.29 is 18.0 Å². The minimum absolute atomic E-state index is 0.00275. The maximum absolute atomic E-state index is 15.0. The zero-order chi connectivity index (χ0) is 30.4. The topological polar surface area (TPSA) is 110 Å². The lowest BCUT2D eigenvalue weighted by Crippen LogP contribution is -2.58. The number of anilines is 2. The lowest BCUT2D eigenvalue weighted by Gasteiger charge is -2.45. The van der Waals surface area contributed by atoms with Crippen molar-refractivity contribution in [3.05, 3.63) is 46.3 Å². The molecule has 1 saturated carbocycles. The number of thiophene rings is 1. The molecule has 1 aromatic carbocycles. The third-order valence-corrected chi connectivity index (χ3v) is 10.7. The van der Waals surface area contributed by atoms with Crippen LogP contribution in [0.2, 0.25) is 0 Å². The van der Waals surface area contributed by atoms with E-state index in [1.165, 1.54) is 35.4 Å². The number of carbonyl (C=O) groups is 1. The van der Waals surface area contributed by atoms with E-state index < -0.39 is 17.4 Å². The van der Waals surface area contributed by atoms with Gasteiger partial charge in [0.05, 0.1) is 33.5 Å². The molecule has 43 heavy (non-hydrogen) atoms. The molecule has 3 aromatic heterocycles. The van der Waals surface area contributed by atoms with Crippen LogP contribution in [-0.4, -0.2) is 61.3 Å². The fourth-order valence-corrected chi connectivity index (χ4v) is 8.99. The molecule has 2 N–H and O–H groups in total. The van der Waals surface area contributed by atoms with Crippen LogP contribution in [0.25, 0.3) is 32.2 Å². The Morgan fingerprint density at radius 3 is 2.56 bits per heavy atom. The molecule has 224 valence electrons. The van der Waals surface area contributed by atoms with Gasteiger partial charge in [0.15, 0.2) is 0 Å². The van der Waals surface area contributed by atoms with E-state index in [1.54, 1.807) is 14.8 Å². The monoisotopic (exact) mass is 627 g/mol. The first kappa shape index (κ1) is 28.1. The Morgan fingerprint density at radius 2 is 1.91 bits per heavy atom. The molecule has 3 aliphatic rings. The van der Waals surface area contributed by atoms with Crippen LogP contribution in [0, 0.1) is 5.92 Å². The van der Waals surface area contributed by atoms with E-state index in [0.717, 1.165) is 18.9 Å². The number of halogens is 3. The number of amides is 1. The average Bonchev–Trinajstić information content (AvgIpc) is 3.72. The van der Waals surface area contributed by atoms with Gasteiger partial charge < -0.3 is 15.5 Å². The second-order valence-electron chi connectivity index (χ2n) is 11.5. The lowest BCUT2D eigenvalue weighted by molar-refractivity contribution is -0.137. The number of hydrogen-bond acceptors (Lipinski definition) is 9. The number of fused-ring (bicyclic) bond motifs is 1. The second-order valence-corrected chi connectivity index (χ2v) is 13.4. The van der Waals surface area contributed by atoms with Gasteiger partial charge in [0.1, 0.15) is 5.82 Å². The van der Waals surface area contributed by atoms with Crippen molar-refractivity contribution in [2.24, 2.45) is 5.92 Å². The summed E-state index contributed by atoms with van der Waals surface area (Å²) in [5, 5.41) is 1.93. The molecule has 3 atom stereocenters. The largest absolute Gasteiger partial charge is 0.417 e. The Kier molecular flexibility index (Phi) is 6.51. The van der Waals surface area contributed by atoms with Gasteiger partial charge in [-0.1, -0.05) is 6.58 Å². The van der Waals surface area contributed by atoms with Gasteiger partial charge in [-0.25, -0.2) is 14.8 Å². The number of alkyl halides is 3. The molecule has 0 radical (unpaired) electrons. The standard InChI is InChI=1S/C29H28F3N7O2S2/c1-4-21(40)38-13(2)9-37(10-14(38)3)26-16-7-18(29(30,31)32)22(17-11-42-20-8-34-27(33)35-23(17)20)25-24(16)39(28(41)36-26)19(12-43-25)15-5-6-15/h4,7-8,11,13-15,19H,1,5-6,9-10,12H2,2-3H3,(H2,33,34,35)/t13-,14+,19?. The van der Waals surface area contributed by atoms with Gasteiger partial charge in [-0.05, 0) is 44.7 Å². The first-order chi connectivity index (χ1) is 20.5. The number of thioether (sulfide) groups is 1. The number of nitrogen functional groups attached to an aromatic ring is 1. The first-order valence-corrected chi connectivity index (χ1v) is 15.9. The maximum atomic E-state index is 15.0. The molecular formula is C29H28F3N7O2S2. The Labute approximate surface area is 252 Å². The maximum Gasteiger partial charge on any atom is 0.417 e. The molecule has 1 amide bonds. The van der Waals surface area contributed by atoms with Crippen LogP contribution in [0.4, 0.5) is 24.9 Å². The SMILES string of the molecule is C=CC(=O)N1[C@H](C)CN(c2nc(=O)n3c4c(c(-c5csc6cnc(N)nc56)c(C(F)(F)F)cc24)SCC3C2CC2)C[C@@H]1C. The van der Waals surface area contributed by atoms with Crippen molar-refractivity contribution in [1.29, 1.82) is 0 Å². The summed E-state index contributed by atoms with van der Waals surface area (Å²) in [6.07, 6.45) is -0.0185. The number of nitrogens with zero attached hydrogens (tertiary/aromatic N) is 6. The minimum atomic E-state index is -4.71. The molecule has 2 fully saturated rings. The molecule has 5 heterocycles. The predicted octanol–water partition coefficient (Wildman–Crippen LogP) is 5.34. The number of carbonyl (C=O) groups excluding carboxylic acids is 1. The lowest BCUT2D eigenvalue weighted by atomic mass is 9.96. The van der Waals surface area contributed by atoms with E-state index in [4.69, 9.17) is 5.73 Å². The Hall–Kier alpha value is -3.65. The summed E-state index contributed by atoms with van der Waals surface area (Å²) in [6, 6.07) is 0.430. The second kappa shape index (κ2) is 9.94. The molecule has 1 saturated heterocycles. The molecule has 0 spiro atoms.